The molecule has 8 nitrogen and oxygen atoms in total. The van der Waals surface area contributed by atoms with Crippen LogP contribution in [0, 0.1) is 5.92 Å². The summed E-state index contributed by atoms with van der Waals surface area (Å²) in [6.07, 6.45) is -1.16. The average molecular weight is 360 g/mol. The van der Waals surface area contributed by atoms with Gasteiger partial charge in [0.15, 0.2) is 6.04 Å². The highest BCUT2D eigenvalue weighted by Crippen LogP contribution is 2.12. The van der Waals surface area contributed by atoms with Gasteiger partial charge in [0.2, 0.25) is 5.91 Å². The minimum atomic E-state index is -1.12. The zero-order valence-corrected chi connectivity index (χ0v) is 16.2. The van der Waals surface area contributed by atoms with Gasteiger partial charge in [0.05, 0.1) is 13.2 Å². The number of hydrogen-bond donors (Lipinski definition) is 3. The lowest BCUT2D eigenvalue weighted by atomic mass is 9.99. The molecule has 0 fully saturated rings. The van der Waals surface area contributed by atoms with Gasteiger partial charge in [-0.05, 0) is 40.0 Å². The summed E-state index contributed by atoms with van der Waals surface area (Å²) in [7, 11) is 1.18. The molecule has 3 N–H and O–H groups in total. The zero-order valence-electron chi connectivity index (χ0n) is 16.2. The second-order valence-corrected chi connectivity index (χ2v) is 7.34. The summed E-state index contributed by atoms with van der Waals surface area (Å²) < 4.78 is 9.77. The van der Waals surface area contributed by atoms with Crippen LogP contribution in [0.5, 0.6) is 0 Å². The summed E-state index contributed by atoms with van der Waals surface area (Å²) in [4.78, 5) is 35.5. The zero-order chi connectivity index (χ0) is 19.8. The van der Waals surface area contributed by atoms with Crippen LogP contribution in [-0.4, -0.2) is 54.0 Å². The van der Waals surface area contributed by atoms with E-state index in [2.05, 4.69) is 15.4 Å². The number of hydrogen-bond acceptors (Lipinski definition) is 6. The third-order valence-electron chi connectivity index (χ3n) is 3.44. The number of methoxy groups -OCH3 is 1. The number of rotatable bonds is 8. The SMILES string of the molecule is COC(=O)[C@@H](NC(=O)CC[C@@H](NC(=O)OC(C)(C)C)C(C)C)C(C)O. The summed E-state index contributed by atoms with van der Waals surface area (Å²) in [5.74, 6) is -1.03. The second kappa shape index (κ2) is 10.2. The van der Waals surface area contributed by atoms with Crippen molar-refractivity contribution in [2.75, 3.05) is 7.11 Å². The quantitative estimate of drug-likeness (QED) is 0.563. The van der Waals surface area contributed by atoms with E-state index in [4.69, 9.17) is 4.74 Å². The number of carbonyl (C=O) groups excluding carboxylic acids is 3. The van der Waals surface area contributed by atoms with E-state index in [-0.39, 0.29) is 18.4 Å². The molecule has 0 saturated heterocycles. The van der Waals surface area contributed by atoms with Crippen LogP contribution in [0.1, 0.15) is 54.4 Å². The van der Waals surface area contributed by atoms with Crippen molar-refractivity contribution in [1.29, 1.82) is 0 Å². The fraction of sp³-hybridized carbons (Fsp3) is 0.824. The van der Waals surface area contributed by atoms with Crippen LogP contribution in [0.3, 0.4) is 0 Å². The molecule has 0 bridgehead atoms. The van der Waals surface area contributed by atoms with Gasteiger partial charge >= 0.3 is 12.1 Å². The van der Waals surface area contributed by atoms with Crippen LogP contribution < -0.4 is 10.6 Å². The number of aliphatic hydroxyl groups excluding tert-OH is 1. The smallest absolute Gasteiger partial charge is 0.407 e. The number of esters is 1. The van der Waals surface area contributed by atoms with E-state index in [0.29, 0.717) is 6.42 Å². The molecule has 146 valence electrons. The van der Waals surface area contributed by atoms with Crippen molar-refractivity contribution in [2.24, 2.45) is 5.92 Å². The van der Waals surface area contributed by atoms with Gasteiger partial charge in [-0.25, -0.2) is 9.59 Å². The van der Waals surface area contributed by atoms with Gasteiger partial charge in [0.25, 0.3) is 0 Å². The largest absolute Gasteiger partial charge is 0.467 e. The first-order valence-corrected chi connectivity index (χ1v) is 8.42. The van der Waals surface area contributed by atoms with Crippen LogP contribution in [0.15, 0.2) is 0 Å². The maximum absolute atomic E-state index is 12.0. The van der Waals surface area contributed by atoms with Gasteiger partial charge in [0.1, 0.15) is 5.60 Å². The first kappa shape index (κ1) is 23.2. The highest BCUT2D eigenvalue weighted by atomic mass is 16.6. The topological polar surface area (TPSA) is 114 Å². The van der Waals surface area contributed by atoms with Crippen LogP contribution >= 0.6 is 0 Å². The van der Waals surface area contributed by atoms with Crippen molar-refractivity contribution in [2.45, 2.75) is 78.2 Å². The number of aliphatic hydroxyl groups is 1. The van der Waals surface area contributed by atoms with Gasteiger partial charge in [0, 0.05) is 12.5 Å². The van der Waals surface area contributed by atoms with Gasteiger partial charge in [-0.2, -0.15) is 0 Å². The van der Waals surface area contributed by atoms with Crippen molar-refractivity contribution in [3.05, 3.63) is 0 Å². The number of nitrogens with one attached hydrogen (secondary N) is 2. The van der Waals surface area contributed by atoms with Crippen molar-refractivity contribution in [1.82, 2.24) is 10.6 Å². The molecule has 0 aromatic heterocycles. The lowest BCUT2D eigenvalue weighted by Crippen LogP contribution is -2.48. The molecule has 0 saturated carbocycles. The molecule has 3 atom stereocenters. The molecule has 1 unspecified atom stereocenters. The Balaban J connectivity index is 4.62. The molecule has 0 aliphatic carbocycles. The van der Waals surface area contributed by atoms with E-state index in [1.165, 1.54) is 14.0 Å². The van der Waals surface area contributed by atoms with Crippen molar-refractivity contribution in [3.8, 4) is 0 Å². The van der Waals surface area contributed by atoms with Crippen molar-refractivity contribution >= 4 is 18.0 Å². The maximum atomic E-state index is 12.0. The summed E-state index contributed by atoms with van der Waals surface area (Å²) >= 11 is 0. The molecule has 25 heavy (non-hydrogen) atoms. The van der Waals surface area contributed by atoms with E-state index < -0.39 is 35.7 Å². The molecular formula is C17H32N2O6. The summed E-state index contributed by atoms with van der Waals surface area (Å²) in [5, 5.41) is 14.8. The lowest BCUT2D eigenvalue weighted by Gasteiger charge is -2.26. The van der Waals surface area contributed by atoms with E-state index >= 15 is 0 Å². The maximum Gasteiger partial charge on any atom is 0.407 e. The van der Waals surface area contributed by atoms with Gasteiger partial charge in [-0.3, -0.25) is 4.79 Å². The fourth-order valence-corrected chi connectivity index (χ4v) is 2.07. The third kappa shape index (κ3) is 9.91. The average Bonchev–Trinajstić information content (AvgIpc) is 2.45. The molecule has 0 spiro atoms. The Morgan fingerprint density at radius 1 is 1.08 bits per heavy atom. The number of carbonyl (C=O) groups is 3. The second-order valence-electron chi connectivity index (χ2n) is 7.34. The Labute approximate surface area is 149 Å². The highest BCUT2D eigenvalue weighted by Gasteiger charge is 2.27. The van der Waals surface area contributed by atoms with Crippen molar-refractivity contribution < 1.29 is 29.0 Å². The Morgan fingerprint density at radius 3 is 2.04 bits per heavy atom. The number of amides is 2. The predicted molar refractivity (Wildman–Crippen MR) is 92.9 cm³/mol. The lowest BCUT2D eigenvalue weighted by molar-refractivity contribution is -0.148. The number of alkyl carbamates (subject to hydrolysis) is 1. The summed E-state index contributed by atoms with van der Waals surface area (Å²) in [6.45, 7) is 10.6. The van der Waals surface area contributed by atoms with Crippen LogP contribution in [0.25, 0.3) is 0 Å². The van der Waals surface area contributed by atoms with Gasteiger partial charge in [-0.15, -0.1) is 0 Å². The predicted octanol–water partition coefficient (Wildman–Crippen LogP) is 1.35. The normalized spacial score (nSPS) is 15.1. The Hall–Kier alpha value is -1.83. The van der Waals surface area contributed by atoms with Crippen LogP contribution in [-0.2, 0) is 19.1 Å². The Kier molecular flexibility index (Phi) is 9.48. The first-order valence-electron chi connectivity index (χ1n) is 8.42. The van der Waals surface area contributed by atoms with E-state index in [1.54, 1.807) is 20.8 Å². The molecular weight excluding hydrogens is 328 g/mol. The Morgan fingerprint density at radius 2 is 1.64 bits per heavy atom. The Bertz CT molecular complexity index is 457. The minimum absolute atomic E-state index is 0.0822. The van der Waals surface area contributed by atoms with Gasteiger partial charge < -0.3 is 25.2 Å². The molecule has 8 heteroatoms. The third-order valence-corrected chi connectivity index (χ3v) is 3.44. The molecule has 0 rings (SSSR count). The standard InChI is InChI=1S/C17H32N2O6/c1-10(2)12(18-16(23)25-17(4,5)6)8-9-13(21)19-14(11(3)20)15(22)24-7/h10-12,14,20H,8-9H2,1-7H3,(H,18,23)(H,19,21)/t11?,12-,14+/m1/s1. The van der Waals surface area contributed by atoms with Crippen LogP contribution in [0.4, 0.5) is 4.79 Å². The van der Waals surface area contributed by atoms with E-state index in [1.807, 2.05) is 13.8 Å². The molecule has 0 aliphatic rings. The monoisotopic (exact) mass is 360 g/mol. The van der Waals surface area contributed by atoms with E-state index in [0.717, 1.165) is 0 Å². The minimum Gasteiger partial charge on any atom is -0.467 e. The molecule has 0 radical (unpaired) electrons. The molecule has 0 aromatic carbocycles. The molecule has 2 amide bonds. The number of ether oxygens (including phenoxy) is 2. The van der Waals surface area contributed by atoms with E-state index in [9.17, 15) is 19.5 Å². The summed E-state index contributed by atoms with van der Waals surface area (Å²) in [5.41, 5.74) is -0.603. The van der Waals surface area contributed by atoms with Gasteiger partial charge in [-0.1, -0.05) is 13.8 Å². The molecule has 0 heterocycles. The molecule has 0 aromatic rings. The summed E-state index contributed by atoms with van der Waals surface area (Å²) in [6, 6.07) is -1.38. The van der Waals surface area contributed by atoms with Crippen molar-refractivity contribution in [3.63, 3.8) is 0 Å². The molecule has 0 aliphatic heterocycles. The highest BCUT2D eigenvalue weighted by molar-refractivity contribution is 5.84. The van der Waals surface area contributed by atoms with Crippen LogP contribution in [0.2, 0.25) is 0 Å². The fourth-order valence-electron chi connectivity index (χ4n) is 2.07. The first-order chi connectivity index (χ1) is 11.4.